The van der Waals surface area contributed by atoms with Crippen LogP contribution in [-0.2, 0) is 4.74 Å². The Kier molecular flexibility index (Phi) is 6.84. The topological polar surface area (TPSA) is 70.6 Å². The molecule has 124 valence electrons. The molecule has 0 aromatic heterocycles. The molecule has 0 radical (unpaired) electrons. The Morgan fingerprint density at radius 2 is 2.05 bits per heavy atom. The van der Waals surface area contributed by atoms with Gasteiger partial charge in [-0.3, -0.25) is 4.79 Å². The number of amides is 1. The van der Waals surface area contributed by atoms with Crippen molar-refractivity contribution in [2.24, 2.45) is 5.41 Å². The quantitative estimate of drug-likeness (QED) is 0.722. The van der Waals surface area contributed by atoms with Crippen LogP contribution < -0.4 is 10.6 Å². The summed E-state index contributed by atoms with van der Waals surface area (Å²) >= 11 is 0. The van der Waals surface area contributed by atoms with Crippen molar-refractivity contribution in [1.82, 2.24) is 5.32 Å². The SMILES string of the molecule is COCC(O)CNC(=O)c1cccc(NCC(C)(C)C)c1C. The number of carbonyl (C=O) groups excluding carboxylic acids is 1. The molecule has 1 atom stereocenters. The summed E-state index contributed by atoms with van der Waals surface area (Å²) in [6, 6.07) is 5.62. The predicted octanol–water partition coefficient (Wildman–Crippen LogP) is 2.19. The first-order chi connectivity index (χ1) is 10.2. The van der Waals surface area contributed by atoms with Gasteiger partial charge in [0.2, 0.25) is 0 Å². The van der Waals surface area contributed by atoms with Gasteiger partial charge in [0.1, 0.15) is 0 Å². The fourth-order valence-corrected chi connectivity index (χ4v) is 1.99. The summed E-state index contributed by atoms with van der Waals surface area (Å²) in [6.45, 7) is 9.59. The van der Waals surface area contributed by atoms with E-state index in [9.17, 15) is 9.90 Å². The number of aliphatic hydroxyl groups excluding tert-OH is 1. The third-order valence-corrected chi connectivity index (χ3v) is 3.24. The predicted molar refractivity (Wildman–Crippen MR) is 89.3 cm³/mol. The summed E-state index contributed by atoms with van der Waals surface area (Å²) in [4.78, 5) is 12.2. The second-order valence-corrected chi connectivity index (χ2v) is 6.71. The first-order valence-corrected chi connectivity index (χ1v) is 7.53. The van der Waals surface area contributed by atoms with Gasteiger partial charge < -0.3 is 20.5 Å². The molecule has 1 aromatic rings. The molecule has 1 aromatic carbocycles. The van der Waals surface area contributed by atoms with E-state index in [0.29, 0.717) is 5.56 Å². The maximum absolute atomic E-state index is 12.2. The summed E-state index contributed by atoms with van der Waals surface area (Å²) < 4.78 is 4.84. The summed E-state index contributed by atoms with van der Waals surface area (Å²) in [5.41, 5.74) is 2.64. The lowest BCUT2D eigenvalue weighted by atomic mass is 9.96. The van der Waals surface area contributed by atoms with Crippen molar-refractivity contribution in [1.29, 1.82) is 0 Å². The van der Waals surface area contributed by atoms with Crippen molar-refractivity contribution < 1.29 is 14.6 Å². The number of ether oxygens (including phenoxy) is 1. The van der Waals surface area contributed by atoms with E-state index in [0.717, 1.165) is 17.8 Å². The summed E-state index contributed by atoms with van der Waals surface area (Å²) in [6.07, 6.45) is -0.698. The monoisotopic (exact) mass is 308 g/mol. The number of carbonyl (C=O) groups is 1. The Morgan fingerprint density at radius 1 is 1.36 bits per heavy atom. The zero-order chi connectivity index (χ0) is 16.8. The van der Waals surface area contributed by atoms with Crippen LogP contribution in [0.2, 0.25) is 0 Å². The van der Waals surface area contributed by atoms with Crippen LogP contribution in [-0.4, -0.2) is 43.9 Å². The minimum atomic E-state index is -0.698. The number of anilines is 1. The van der Waals surface area contributed by atoms with E-state index in [4.69, 9.17) is 4.74 Å². The zero-order valence-corrected chi connectivity index (χ0v) is 14.2. The standard InChI is InChI=1S/C17H28N2O3/c1-12-14(16(21)18-9-13(20)10-22-5)7-6-8-15(12)19-11-17(2,3)4/h6-8,13,19-20H,9-11H2,1-5H3,(H,18,21). The van der Waals surface area contributed by atoms with Gasteiger partial charge in [-0.25, -0.2) is 0 Å². The molecule has 1 unspecified atom stereocenters. The Hall–Kier alpha value is -1.59. The van der Waals surface area contributed by atoms with Crippen LogP contribution in [0.15, 0.2) is 18.2 Å². The molecule has 5 heteroatoms. The van der Waals surface area contributed by atoms with Gasteiger partial charge in [0.05, 0.1) is 12.7 Å². The molecule has 0 aliphatic heterocycles. The second kappa shape index (κ2) is 8.15. The summed E-state index contributed by atoms with van der Waals surface area (Å²) in [5.74, 6) is -0.188. The number of rotatable bonds is 7. The van der Waals surface area contributed by atoms with Crippen LogP contribution in [0.4, 0.5) is 5.69 Å². The zero-order valence-electron chi connectivity index (χ0n) is 14.2. The van der Waals surface area contributed by atoms with Crippen molar-refractivity contribution >= 4 is 11.6 Å². The summed E-state index contributed by atoms with van der Waals surface area (Å²) in [7, 11) is 1.51. The van der Waals surface area contributed by atoms with Crippen molar-refractivity contribution in [3.05, 3.63) is 29.3 Å². The Morgan fingerprint density at radius 3 is 2.64 bits per heavy atom. The fraction of sp³-hybridized carbons (Fsp3) is 0.588. The van der Waals surface area contributed by atoms with Gasteiger partial charge >= 0.3 is 0 Å². The normalized spacial score (nSPS) is 12.8. The molecule has 0 bridgehead atoms. The van der Waals surface area contributed by atoms with Crippen LogP contribution in [0.3, 0.4) is 0 Å². The highest BCUT2D eigenvalue weighted by Gasteiger charge is 2.15. The average molecular weight is 308 g/mol. The van der Waals surface area contributed by atoms with Crippen LogP contribution >= 0.6 is 0 Å². The van der Waals surface area contributed by atoms with Crippen LogP contribution in [0.1, 0.15) is 36.7 Å². The molecule has 0 spiro atoms. The highest BCUT2D eigenvalue weighted by Crippen LogP contribution is 2.21. The number of hydrogen-bond donors (Lipinski definition) is 3. The summed E-state index contributed by atoms with van der Waals surface area (Å²) in [5, 5.41) is 15.7. The Labute approximate surface area is 133 Å². The van der Waals surface area contributed by atoms with Gasteiger partial charge in [-0.05, 0) is 30.0 Å². The van der Waals surface area contributed by atoms with Gasteiger partial charge in [-0.15, -0.1) is 0 Å². The highest BCUT2D eigenvalue weighted by molar-refractivity contribution is 5.97. The Balaban J connectivity index is 2.72. The van der Waals surface area contributed by atoms with Crippen LogP contribution in [0.25, 0.3) is 0 Å². The molecule has 0 saturated heterocycles. The second-order valence-electron chi connectivity index (χ2n) is 6.71. The molecule has 3 N–H and O–H groups in total. The maximum Gasteiger partial charge on any atom is 0.251 e. The van der Waals surface area contributed by atoms with Crippen molar-refractivity contribution in [2.75, 3.05) is 32.1 Å². The molecule has 1 amide bonds. The number of methoxy groups -OCH3 is 1. The molecule has 0 fully saturated rings. The first kappa shape index (κ1) is 18.5. The molecule has 0 heterocycles. The molecule has 0 saturated carbocycles. The minimum Gasteiger partial charge on any atom is -0.389 e. The van der Waals surface area contributed by atoms with Crippen molar-refractivity contribution in [3.63, 3.8) is 0 Å². The van der Waals surface area contributed by atoms with E-state index in [-0.39, 0.29) is 24.5 Å². The van der Waals surface area contributed by atoms with Gasteiger partial charge in [-0.1, -0.05) is 26.8 Å². The smallest absolute Gasteiger partial charge is 0.251 e. The minimum absolute atomic E-state index is 0.162. The van der Waals surface area contributed by atoms with E-state index < -0.39 is 6.10 Å². The van der Waals surface area contributed by atoms with E-state index >= 15 is 0 Å². The third kappa shape index (κ3) is 6.03. The lowest BCUT2D eigenvalue weighted by Gasteiger charge is -2.21. The molecular weight excluding hydrogens is 280 g/mol. The van der Waals surface area contributed by atoms with E-state index in [2.05, 4.69) is 31.4 Å². The van der Waals surface area contributed by atoms with Gasteiger partial charge in [0, 0.05) is 31.5 Å². The lowest BCUT2D eigenvalue weighted by molar-refractivity contribution is 0.0609. The number of nitrogens with one attached hydrogen (secondary N) is 2. The fourth-order valence-electron chi connectivity index (χ4n) is 1.99. The average Bonchev–Trinajstić information content (AvgIpc) is 2.43. The number of benzene rings is 1. The van der Waals surface area contributed by atoms with Crippen LogP contribution in [0.5, 0.6) is 0 Å². The van der Waals surface area contributed by atoms with Gasteiger partial charge in [-0.2, -0.15) is 0 Å². The largest absolute Gasteiger partial charge is 0.389 e. The molecule has 0 aliphatic carbocycles. The molecule has 5 nitrogen and oxygen atoms in total. The Bertz CT molecular complexity index is 495. The molecule has 22 heavy (non-hydrogen) atoms. The molecule has 0 aliphatic rings. The van der Waals surface area contributed by atoms with Crippen LogP contribution in [0, 0.1) is 12.3 Å². The molecular formula is C17H28N2O3. The van der Waals surface area contributed by atoms with E-state index in [1.54, 1.807) is 6.07 Å². The maximum atomic E-state index is 12.2. The third-order valence-electron chi connectivity index (χ3n) is 3.24. The number of aliphatic hydroxyl groups is 1. The lowest BCUT2D eigenvalue weighted by Crippen LogP contribution is -2.34. The van der Waals surface area contributed by atoms with Gasteiger partial charge in [0.25, 0.3) is 5.91 Å². The first-order valence-electron chi connectivity index (χ1n) is 7.53. The highest BCUT2D eigenvalue weighted by atomic mass is 16.5. The molecule has 1 rings (SSSR count). The van der Waals surface area contributed by atoms with E-state index in [1.165, 1.54) is 7.11 Å². The van der Waals surface area contributed by atoms with Gasteiger partial charge in [0.15, 0.2) is 0 Å². The number of hydrogen-bond acceptors (Lipinski definition) is 4. The van der Waals surface area contributed by atoms with Crippen molar-refractivity contribution in [2.45, 2.75) is 33.8 Å². The van der Waals surface area contributed by atoms with Crippen molar-refractivity contribution in [3.8, 4) is 0 Å². The van der Waals surface area contributed by atoms with E-state index in [1.807, 2.05) is 19.1 Å².